The first kappa shape index (κ1) is 19.1. The van der Waals surface area contributed by atoms with Gasteiger partial charge in [-0.25, -0.2) is 14.2 Å². The van der Waals surface area contributed by atoms with Gasteiger partial charge in [0.15, 0.2) is 0 Å². The maximum absolute atomic E-state index is 13.4. The minimum atomic E-state index is -0.227. The second kappa shape index (κ2) is 7.73. The third-order valence-electron chi connectivity index (χ3n) is 7.82. The number of halogens is 1. The Kier molecular flexibility index (Phi) is 5.09. The quantitative estimate of drug-likeness (QED) is 0.719. The fourth-order valence-electron chi connectivity index (χ4n) is 6.63. The second-order valence-electron chi connectivity index (χ2n) is 9.79. The van der Waals surface area contributed by atoms with Crippen molar-refractivity contribution >= 4 is 11.7 Å². The van der Waals surface area contributed by atoms with E-state index in [-0.39, 0.29) is 17.8 Å². The van der Waals surface area contributed by atoms with Crippen LogP contribution in [-0.2, 0) is 0 Å². The lowest BCUT2D eigenvalue weighted by molar-refractivity contribution is -0.0109. The van der Waals surface area contributed by atoms with Crippen LogP contribution in [0, 0.1) is 29.5 Å². The molecular weight excluding hydrogens is 365 g/mol. The number of urea groups is 1. The first-order valence-electron chi connectivity index (χ1n) is 11.5. The van der Waals surface area contributed by atoms with Crippen molar-refractivity contribution in [1.29, 1.82) is 0 Å². The SMILES string of the molecule is CCCCC1=NN(C(=O)NC2C3CC4CC(C3)CC2C4)CC1c1ccc(F)cc1. The van der Waals surface area contributed by atoms with Crippen LogP contribution in [0.5, 0.6) is 0 Å². The molecule has 1 aromatic carbocycles. The van der Waals surface area contributed by atoms with Crippen LogP contribution in [0.3, 0.4) is 0 Å². The van der Waals surface area contributed by atoms with E-state index in [0.29, 0.717) is 24.4 Å². The third kappa shape index (κ3) is 3.69. The van der Waals surface area contributed by atoms with Crippen LogP contribution in [0.4, 0.5) is 9.18 Å². The van der Waals surface area contributed by atoms with Gasteiger partial charge in [-0.15, -0.1) is 0 Å². The van der Waals surface area contributed by atoms with Crippen molar-refractivity contribution < 1.29 is 9.18 Å². The van der Waals surface area contributed by atoms with Crippen molar-refractivity contribution in [3.8, 4) is 0 Å². The van der Waals surface area contributed by atoms with Crippen molar-refractivity contribution in [1.82, 2.24) is 10.3 Å². The third-order valence-corrected chi connectivity index (χ3v) is 7.82. The van der Waals surface area contributed by atoms with E-state index in [2.05, 4.69) is 12.2 Å². The molecule has 1 aliphatic heterocycles. The molecule has 156 valence electrons. The summed E-state index contributed by atoms with van der Waals surface area (Å²) in [4.78, 5) is 13.1. The Morgan fingerprint density at radius 1 is 1.10 bits per heavy atom. The summed E-state index contributed by atoms with van der Waals surface area (Å²) in [6.07, 6.45) is 9.63. The first-order valence-corrected chi connectivity index (χ1v) is 11.5. The fraction of sp³-hybridized carbons (Fsp3) is 0.667. The van der Waals surface area contributed by atoms with Crippen LogP contribution in [-0.4, -0.2) is 29.3 Å². The van der Waals surface area contributed by atoms with E-state index < -0.39 is 0 Å². The molecule has 1 N–H and O–H groups in total. The lowest BCUT2D eigenvalue weighted by Gasteiger charge is -2.54. The van der Waals surface area contributed by atoms with Crippen LogP contribution < -0.4 is 5.32 Å². The summed E-state index contributed by atoms with van der Waals surface area (Å²) < 4.78 is 13.4. The van der Waals surface area contributed by atoms with Crippen LogP contribution in [0.2, 0.25) is 0 Å². The molecule has 1 aromatic rings. The summed E-state index contributed by atoms with van der Waals surface area (Å²) in [5.41, 5.74) is 2.10. The van der Waals surface area contributed by atoms with E-state index >= 15 is 0 Å². The van der Waals surface area contributed by atoms with Gasteiger partial charge in [-0.1, -0.05) is 25.5 Å². The number of carbonyl (C=O) groups is 1. The lowest BCUT2D eigenvalue weighted by atomic mass is 9.54. The molecular formula is C24H32FN3O. The Balaban J connectivity index is 1.29. The molecule has 4 nitrogen and oxygen atoms in total. The topological polar surface area (TPSA) is 44.7 Å². The molecule has 6 rings (SSSR count). The summed E-state index contributed by atoms with van der Waals surface area (Å²) in [6.45, 7) is 2.73. The van der Waals surface area contributed by atoms with Crippen molar-refractivity contribution in [2.45, 2.75) is 70.3 Å². The summed E-state index contributed by atoms with van der Waals surface area (Å²) >= 11 is 0. The molecule has 29 heavy (non-hydrogen) atoms. The molecule has 4 aliphatic carbocycles. The molecule has 5 aliphatic rings. The second-order valence-corrected chi connectivity index (χ2v) is 9.79. The molecule has 0 spiro atoms. The average molecular weight is 398 g/mol. The molecule has 4 bridgehead atoms. The highest BCUT2D eigenvalue weighted by molar-refractivity contribution is 5.94. The Bertz CT molecular complexity index is 762. The zero-order valence-electron chi connectivity index (χ0n) is 17.3. The Labute approximate surface area is 172 Å². The number of nitrogens with zero attached hydrogens (tertiary/aromatic N) is 2. The molecule has 4 fully saturated rings. The number of hydrogen-bond donors (Lipinski definition) is 1. The smallest absolute Gasteiger partial charge is 0.333 e. The zero-order valence-corrected chi connectivity index (χ0v) is 17.3. The highest BCUT2D eigenvalue weighted by Gasteiger charge is 2.49. The number of amides is 2. The molecule has 0 aromatic heterocycles. The maximum atomic E-state index is 13.4. The summed E-state index contributed by atoms with van der Waals surface area (Å²) in [6, 6.07) is 6.96. The summed E-state index contributed by atoms with van der Waals surface area (Å²) in [5.74, 6) is 2.98. The average Bonchev–Trinajstić information content (AvgIpc) is 3.13. The van der Waals surface area contributed by atoms with Crippen LogP contribution in [0.15, 0.2) is 29.4 Å². The number of carbonyl (C=O) groups excluding carboxylic acids is 1. The summed E-state index contributed by atoms with van der Waals surface area (Å²) in [5, 5.41) is 9.76. The minimum Gasteiger partial charge on any atom is -0.333 e. The Morgan fingerprint density at radius 2 is 1.76 bits per heavy atom. The van der Waals surface area contributed by atoms with Gasteiger partial charge in [0, 0.05) is 17.7 Å². The van der Waals surface area contributed by atoms with Crippen molar-refractivity contribution in [3.05, 3.63) is 35.6 Å². The van der Waals surface area contributed by atoms with Crippen molar-refractivity contribution in [2.24, 2.45) is 28.8 Å². The number of benzene rings is 1. The van der Waals surface area contributed by atoms with E-state index in [9.17, 15) is 9.18 Å². The number of rotatable bonds is 5. The van der Waals surface area contributed by atoms with Crippen molar-refractivity contribution in [2.75, 3.05) is 6.54 Å². The van der Waals surface area contributed by atoms with Gasteiger partial charge < -0.3 is 5.32 Å². The van der Waals surface area contributed by atoms with Gasteiger partial charge >= 0.3 is 6.03 Å². The summed E-state index contributed by atoms with van der Waals surface area (Å²) in [7, 11) is 0. The van der Waals surface area contributed by atoms with Crippen molar-refractivity contribution in [3.63, 3.8) is 0 Å². The predicted molar refractivity (Wildman–Crippen MR) is 112 cm³/mol. The number of unbranched alkanes of at least 4 members (excludes halogenated alkanes) is 1. The molecule has 1 unspecified atom stereocenters. The van der Waals surface area contributed by atoms with Gasteiger partial charge in [-0.3, -0.25) is 0 Å². The van der Waals surface area contributed by atoms with E-state index in [1.165, 1.54) is 44.2 Å². The fourth-order valence-corrected chi connectivity index (χ4v) is 6.63. The Morgan fingerprint density at radius 3 is 2.38 bits per heavy atom. The van der Waals surface area contributed by atoms with Gasteiger partial charge in [0.2, 0.25) is 0 Å². The largest absolute Gasteiger partial charge is 0.338 e. The number of nitrogens with one attached hydrogen (secondary N) is 1. The maximum Gasteiger partial charge on any atom is 0.338 e. The number of hydrogen-bond acceptors (Lipinski definition) is 2. The van der Waals surface area contributed by atoms with E-state index in [4.69, 9.17) is 5.10 Å². The van der Waals surface area contributed by atoms with Crippen LogP contribution in [0.1, 0.15) is 69.8 Å². The molecule has 5 heteroatoms. The van der Waals surface area contributed by atoms with Gasteiger partial charge in [0.25, 0.3) is 0 Å². The molecule has 0 radical (unpaired) electrons. The van der Waals surface area contributed by atoms with Gasteiger partial charge in [0.05, 0.1) is 6.54 Å². The van der Waals surface area contributed by atoms with E-state index in [1.807, 2.05) is 12.1 Å². The number of hydrazone groups is 1. The molecule has 2 amide bonds. The monoisotopic (exact) mass is 397 g/mol. The van der Waals surface area contributed by atoms with Crippen LogP contribution >= 0.6 is 0 Å². The lowest BCUT2D eigenvalue weighted by Crippen LogP contribution is -2.57. The van der Waals surface area contributed by atoms with E-state index in [1.54, 1.807) is 5.01 Å². The Hall–Kier alpha value is -1.91. The van der Waals surface area contributed by atoms with Gasteiger partial charge in [0.1, 0.15) is 5.82 Å². The van der Waals surface area contributed by atoms with E-state index in [0.717, 1.165) is 42.4 Å². The normalized spacial score (nSPS) is 35.1. The molecule has 4 saturated carbocycles. The highest BCUT2D eigenvalue weighted by atomic mass is 19.1. The predicted octanol–water partition coefficient (Wildman–Crippen LogP) is 5.31. The zero-order chi connectivity index (χ0) is 20.0. The first-order chi connectivity index (χ1) is 14.1. The van der Waals surface area contributed by atoms with Gasteiger partial charge in [-0.05, 0) is 86.3 Å². The minimum absolute atomic E-state index is 0.0407. The van der Waals surface area contributed by atoms with Crippen LogP contribution in [0.25, 0.3) is 0 Å². The highest BCUT2D eigenvalue weighted by Crippen LogP contribution is 2.53. The molecule has 0 saturated heterocycles. The van der Waals surface area contributed by atoms with Gasteiger partial charge in [-0.2, -0.15) is 5.10 Å². The molecule has 1 heterocycles. The standard InChI is InChI=1S/C24H32FN3O/c1-2-3-4-22-21(17-5-7-20(25)8-6-17)14-28(27-22)24(29)26-23-18-10-15-9-16(12-18)13-19(23)11-15/h5-8,15-16,18-19,21,23H,2-4,9-14H2,1H3,(H,26,29). The molecule has 1 atom stereocenters.